The monoisotopic (exact) mass is 407 g/mol. The van der Waals surface area contributed by atoms with Crippen LogP contribution in [0.2, 0.25) is 0 Å². The molecule has 0 spiro atoms. The summed E-state index contributed by atoms with van der Waals surface area (Å²) in [5.74, 6) is 0.387. The number of nitrogens with zero attached hydrogens (tertiary/aromatic N) is 2. The van der Waals surface area contributed by atoms with E-state index in [1.165, 1.54) is 11.9 Å². The van der Waals surface area contributed by atoms with Crippen molar-refractivity contribution < 1.29 is 4.79 Å². The Hall–Kier alpha value is -2.73. The third kappa shape index (κ3) is 3.65. The van der Waals surface area contributed by atoms with E-state index in [4.69, 9.17) is 0 Å². The van der Waals surface area contributed by atoms with E-state index >= 15 is 0 Å². The molecule has 1 heterocycles. The first-order valence-electron chi connectivity index (χ1n) is 9.88. The third-order valence-corrected chi connectivity index (χ3v) is 5.95. The van der Waals surface area contributed by atoms with Gasteiger partial charge >= 0.3 is 0 Å². The van der Waals surface area contributed by atoms with E-state index in [9.17, 15) is 9.59 Å². The Labute approximate surface area is 174 Å². The van der Waals surface area contributed by atoms with Gasteiger partial charge in [-0.2, -0.15) is 0 Å². The Balaban J connectivity index is 1.78. The van der Waals surface area contributed by atoms with Gasteiger partial charge in [-0.1, -0.05) is 24.1 Å². The minimum Gasteiger partial charge on any atom is -0.329 e. The number of nitrogens with one attached hydrogen (secondary N) is 1. The highest BCUT2D eigenvalue weighted by molar-refractivity contribution is 7.99. The summed E-state index contributed by atoms with van der Waals surface area (Å²) in [6.07, 6.45) is 4.18. The number of aromatic nitrogens is 1. The molecule has 0 radical (unpaired) electrons. The number of fused-ring (bicyclic) bond motifs is 1. The van der Waals surface area contributed by atoms with Crippen molar-refractivity contribution >= 4 is 40.1 Å². The molecule has 5 nitrogen and oxygen atoms in total. The number of hydrogen-bond acceptors (Lipinski definition) is 4. The minimum absolute atomic E-state index is 0.0520. The maximum absolute atomic E-state index is 13.2. The molecular formula is C23H25N3O2S. The quantitative estimate of drug-likeness (QED) is 0.593. The predicted octanol–water partition coefficient (Wildman–Crippen LogP) is 4.87. The molecule has 0 saturated heterocycles. The molecule has 0 bridgehead atoms. The van der Waals surface area contributed by atoms with Crippen molar-refractivity contribution in [3.8, 4) is 0 Å². The number of anilines is 2. The average molecular weight is 408 g/mol. The zero-order valence-electron chi connectivity index (χ0n) is 16.9. The van der Waals surface area contributed by atoms with Crippen molar-refractivity contribution in [1.82, 2.24) is 4.57 Å². The van der Waals surface area contributed by atoms with Crippen LogP contribution in [-0.4, -0.2) is 23.8 Å². The van der Waals surface area contributed by atoms with Gasteiger partial charge < -0.3 is 14.2 Å². The molecule has 0 atom stereocenters. The second-order valence-corrected chi connectivity index (χ2v) is 7.99. The van der Waals surface area contributed by atoms with Crippen molar-refractivity contribution in [3.63, 3.8) is 0 Å². The molecule has 1 aliphatic rings. The summed E-state index contributed by atoms with van der Waals surface area (Å²) in [5.41, 5.74) is 4.36. The van der Waals surface area contributed by atoms with Crippen LogP contribution in [0.1, 0.15) is 41.6 Å². The maximum atomic E-state index is 13.2. The molecule has 3 aromatic rings. The fourth-order valence-corrected chi connectivity index (χ4v) is 4.23. The van der Waals surface area contributed by atoms with Crippen LogP contribution in [0.25, 0.3) is 10.9 Å². The Kier molecular flexibility index (Phi) is 5.37. The zero-order chi connectivity index (χ0) is 20.5. The standard InChI is InChI=1S/C23H25N3O2S/c1-4-26-21-12-11-16(13-19(21)18(14-22(26)27)15-9-10-15)25(2)23(28)17-7-5-6-8-20(17)24-29-3/h5-8,11-15,24H,4,9-10H2,1-3H3. The summed E-state index contributed by atoms with van der Waals surface area (Å²) < 4.78 is 4.97. The Morgan fingerprint density at radius 1 is 1.21 bits per heavy atom. The van der Waals surface area contributed by atoms with Crippen LogP contribution in [0.3, 0.4) is 0 Å². The first kappa shape index (κ1) is 19.6. The van der Waals surface area contributed by atoms with Gasteiger partial charge in [-0.25, -0.2) is 0 Å². The summed E-state index contributed by atoms with van der Waals surface area (Å²) in [5, 5.41) is 1.07. The molecule has 2 aromatic carbocycles. The van der Waals surface area contributed by atoms with Crippen LogP contribution in [0.15, 0.2) is 53.3 Å². The van der Waals surface area contributed by atoms with Gasteiger partial charge in [-0.15, -0.1) is 0 Å². The van der Waals surface area contributed by atoms with Gasteiger partial charge in [0.05, 0.1) is 16.8 Å². The lowest BCUT2D eigenvalue weighted by Crippen LogP contribution is -2.27. The molecule has 0 unspecified atom stereocenters. The van der Waals surface area contributed by atoms with E-state index in [0.29, 0.717) is 18.0 Å². The summed E-state index contributed by atoms with van der Waals surface area (Å²) in [7, 11) is 1.80. The molecule has 29 heavy (non-hydrogen) atoms. The first-order chi connectivity index (χ1) is 14.0. The van der Waals surface area contributed by atoms with Crippen LogP contribution in [0.4, 0.5) is 11.4 Å². The largest absolute Gasteiger partial charge is 0.329 e. The first-order valence-corrected chi connectivity index (χ1v) is 11.1. The van der Waals surface area contributed by atoms with Crippen molar-refractivity contribution in [2.24, 2.45) is 0 Å². The number of para-hydroxylation sites is 1. The highest BCUT2D eigenvalue weighted by atomic mass is 32.2. The number of rotatable bonds is 6. The molecule has 1 fully saturated rings. The molecule has 4 rings (SSSR count). The van der Waals surface area contributed by atoms with Gasteiger partial charge in [0.25, 0.3) is 11.5 Å². The van der Waals surface area contributed by atoms with Gasteiger partial charge in [0.2, 0.25) is 0 Å². The van der Waals surface area contributed by atoms with Gasteiger partial charge in [-0.3, -0.25) is 9.59 Å². The van der Waals surface area contributed by atoms with Gasteiger partial charge in [0.1, 0.15) is 0 Å². The lowest BCUT2D eigenvalue weighted by molar-refractivity contribution is 0.0994. The number of aryl methyl sites for hydroxylation is 1. The molecule has 6 heteroatoms. The van der Waals surface area contributed by atoms with Crippen molar-refractivity contribution in [2.45, 2.75) is 32.2 Å². The maximum Gasteiger partial charge on any atom is 0.260 e. The van der Waals surface area contributed by atoms with Crippen molar-refractivity contribution in [1.29, 1.82) is 0 Å². The number of pyridine rings is 1. The Morgan fingerprint density at radius 3 is 2.66 bits per heavy atom. The third-order valence-electron chi connectivity index (χ3n) is 5.52. The highest BCUT2D eigenvalue weighted by Gasteiger charge is 2.27. The summed E-state index contributed by atoms with van der Waals surface area (Å²) >= 11 is 1.46. The minimum atomic E-state index is -0.0710. The topological polar surface area (TPSA) is 54.3 Å². The molecular weight excluding hydrogens is 382 g/mol. The molecule has 1 N–H and O–H groups in total. The lowest BCUT2D eigenvalue weighted by atomic mass is 10.0. The van der Waals surface area contributed by atoms with E-state index in [-0.39, 0.29) is 11.5 Å². The van der Waals surface area contributed by atoms with E-state index in [2.05, 4.69) is 10.8 Å². The normalized spacial score (nSPS) is 13.5. The predicted molar refractivity (Wildman–Crippen MR) is 122 cm³/mol. The van der Waals surface area contributed by atoms with Crippen LogP contribution < -0.4 is 15.2 Å². The second kappa shape index (κ2) is 7.95. The Morgan fingerprint density at radius 2 is 1.97 bits per heavy atom. The fourth-order valence-electron chi connectivity index (χ4n) is 3.83. The molecule has 1 aromatic heterocycles. The van der Waals surface area contributed by atoms with Crippen LogP contribution in [0, 0.1) is 0 Å². The van der Waals surface area contributed by atoms with E-state index in [1.54, 1.807) is 22.6 Å². The molecule has 1 saturated carbocycles. The number of hydrogen-bond donors (Lipinski definition) is 1. The molecule has 150 valence electrons. The van der Waals surface area contributed by atoms with Crippen LogP contribution in [0.5, 0.6) is 0 Å². The number of benzene rings is 2. The fraction of sp³-hybridized carbons (Fsp3) is 0.304. The van der Waals surface area contributed by atoms with Crippen molar-refractivity contribution in [3.05, 3.63) is 70.0 Å². The van der Waals surface area contributed by atoms with E-state index < -0.39 is 0 Å². The van der Waals surface area contributed by atoms with Gasteiger partial charge in [0.15, 0.2) is 0 Å². The number of carbonyl (C=O) groups excluding carboxylic acids is 1. The Bertz CT molecular complexity index is 1130. The second-order valence-electron chi connectivity index (χ2n) is 7.37. The van der Waals surface area contributed by atoms with E-state index in [0.717, 1.165) is 40.7 Å². The smallest absolute Gasteiger partial charge is 0.260 e. The summed E-state index contributed by atoms with van der Waals surface area (Å²) in [6, 6.07) is 15.3. The van der Waals surface area contributed by atoms with Crippen LogP contribution in [-0.2, 0) is 6.54 Å². The number of amides is 1. The van der Waals surface area contributed by atoms with Gasteiger partial charge in [-0.05, 0) is 61.6 Å². The van der Waals surface area contributed by atoms with Crippen LogP contribution >= 0.6 is 11.9 Å². The number of carbonyl (C=O) groups is 1. The highest BCUT2D eigenvalue weighted by Crippen LogP contribution is 2.43. The van der Waals surface area contributed by atoms with Crippen molar-refractivity contribution in [2.75, 3.05) is 22.9 Å². The SMILES string of the molecule is CCn1c(=O)cc(C2CC2)c2cc(N(C)C(=O)c3ccccc3NSC)ccc21. The van der Waals surface area contributed by atoms with Gasteiger partial charge in [0, 0.05) is 37.0 Å². The van der Waals surface area contributed by atoms with E-state index in [1.807, 2.05) is 49.6 Å². The average Bonchev–Trinajstić information content (AvgIpc) is 3.58. The summed E-state index contributed by atoms with van der Waals surface area (Å²) in [6.45, 7) is 2.61. The lowest BCUT2D eigenvalue weighted by Gasteiger charge is -2.21. The zero-order valence-corrected chi connectivity index (χ0v) is 17.8. The summed E-state index contributed by atoms with van der Waals surface area (Å²) in [4.78, 5) is 27.4. The molecule has 1 amide bonds. The molecule has 1 aliphatic carbocycles. The molecule has 0 aliphatic heterocycles.